The molecule has 1 nitrogen and oxygen atoms in total. The molecule has 90 valence electrons. The van der Waals surface area contributed by atoms with Crippen LogP contribution < -0.4 is 5.32 Å². The molecule has 0 fully saturated rings. The van der Waals surface area contributed by atoms with Crippen molar-refractivity contribution in [1.82, 2.24) is 0 Å². The Labute approximate surface area is 105 Å². The van der Waals surface area contributed by atoms with Gasteiger partial charge in [-0.3, -0.25) is 0 Å². The zero-order valence-electron chi connectivity index (χ0n) is 10.3. The second-order valence-corrected chi connectivity index (χ2v) is 5.62. The third kappa shape index (κ3) is 2.86. The topological polar surface area (TPSA) is 12.0 Å². The van der Waals surface area contributed by atoms with Crippen LogP contribution in [0.3, 0.4) is 0 Å². The molecule has 2 aromatic rings. The Hall–Kier alpha value is -1.35. The highest BCUT2D eigenvalue weighted by Crippen LogP contribution is 2.27. The molecule has 0 radical (unpaired) electrons. The predicted molar refractivity (Wildman–Crippen MR) is 72.2 cm³/mol. The van der Waals surface area contributed by atoms with Crippen LogP contribution in [0, 0.1) is 19.7 Å². The molecular weight excluding hydrogens is 233 g/mol. The first kappa shape index (κ1) is 12.1. The van der Waals surface area contributed by atoms with E-state index >= 15 is 0 Å². The Morgan fingerprint density at radius 2 is 1.94 bits per heavy atom. The van der Waals surface area contributed by atoms with Crippen LogP contribution in [0.2, 0.25) is 0 Å². The summed E-state index contributed by atoms with van der Waals surface area (Å²) in [4.78, 5) is 2.50. The highest BCUT2D eigenvalue weighted by molar-refractivity contribution is 7.12. The van der Waals surface area contributed by atoms with Gasteiger partial charge in [-0.25, -0.2) is 4.39 Å². The molecule has 1 aromatic heterocycles. The van der Waals surface area contributed by atoms with Gasteiger partial charge in [0.1, 0.15) is 5.82 Å². The third-order valence-electron chi connectivity index (χ3n) is 2.68. The lowest BCUT2D eigenvalue weighted by Crippen LogP contribution is -2.06. The van der Waals surface area contributed by atoms with Crippen molar-refractivity contribution in [2.45, 2.75) is 26.8 Å². The molecule has 0 saturated carbocycles. The lowest BCUT2D eigenvalue weighted by Gasteiger charge is -2.14. The van der Waals surface area contributed by atoms with Gasteiger partial charge in [0.15, 0.2) is 0 Å². The molecule has 1 N–H and O–H groups in total. The zero-order valence-corrected chi connectivity index (χ0v) is 11.1. The molecule has 0 aliphatic rings. The summed E-state index contributed by atoms with van der Waals surface area (Å²) in [5.41, 5.74) is 1.63. The van der Waals surface area contributed by atoms with E-state index in [1.807, 2.05) is 19.9 Å². The van der Waals surface area contributed by atoms with Crippen LogP contribution in [0.5, 0.6) is 0 Å². The molecule has 0 aliphatic heterocycles. The number of hydrogen-bond donors (Lipinski definition) is 1. The van der Waals surface area contributed by atoms with Crippen LogP contribution in [0.1, 0.15) is 28.3 Å². The standard InChI is InChI=1S/C14H16FNS/c1-9-4-6-12(15)13(8-9)16-11(3)14-7-5-10(2)17-14/h4-8,11,16H,1-3H3. The minimum absolute atomic E-state index is 0.130. The van der Waals surface area contributed by atoms with E-state index in [4.69, 9.17) is 0 Å². The Kier molecular flexibility index (Phi) is 3.48. The Morgan fingerprint density at radius 3 is 2.59 bits per heavy atom. The van der Waals surface area contributed by atoms with Gasteiger partial charge >= 0.3 is 0 Å². The Balaban J connectivity index is 2.18. The fourth-order valence-corrected chi connectivity index (χ4v) is 2.62. The Morgan fingerprint density at radius 1 is 1.18 bits per heavy atom. The van der Waals surface area contributed by atoms with Crippen LogP contribution in [-0.4, -0.2) is 0 Å². The van der Waals surface area contributed by atoms with Crippen LogP contribution in [0.4, 0.5) is 10.1 Å². The number of thiophene rings is 1. The molecule has 0 spiro atoms. The molecule has 1 aromatic carbocycles. The number of hydrogen-bond acceptors (Lipinski definition) is 2. The van der Waals surface area contributed by atoms with E-state index in [-0.39, 0.29) is 11.9 Å². The van der Waals surface area contributed by atoms with Gasteiger partial charge in [0, 0.05) is 9.75 Å². The first-order valence-electron chi connectivity index (χ1n) is 5.65. The molecule has 3 heteroatoms. The average Bonchev–Trinajstić information content (AvgIpc) is 2.70. The van der Waals surface area contributed by atoms with Crippen molar-refractivity contribution >= 4 is 17.0 Å². The first-order valence-corrected chi connectivity index (χ1v) is 6.47. The van der Waals surface area contributed by atoms with E-state index in [1.54, 1.807) is 17.4 Å². The summed E-state index contributed by atoms with van der Waals surface area (Å²) in [6.07, 6.45) is 0. The van der Waals surface area contributed by atoms with E-state index in [2.05, 4.69) is 24.4 Å². The van der Waals surface area contributed by atoms with Crippen molar-refractivity contribution in [2.75, 3.05) is 5.32 Å². The molecule has 1 heterocycles. The second kappa shape index (κ2) is 4.88. The third-order valence-corrected chi connectivity index (χ3v) is 3.87. The van der Waals surface area contributed by atoms with E-state index < -0.39 is 0 Å². The molecule has 0 saturated heterocycles. The molecular formula is C14H16FNS. The number of halogens is 1. The highest BCUT2D eigenvalue weighted by Gasteiger charge is 2.10. The van der Waals surface area contributed by atoms with Gasteiger partial charge in [-0.05, 0) is 50.6 Å². The van der Waals surface area contributed by atoms with Crippen molar-refractivity contribution in [1.29, 1.82) is 0 Å². The van der Waals surface area contributed by atoms with Crippen LogP contribution in [0.25, 0.3) is 0 Å². The normalized spacial score (nSPS) is 12.5. The summed E-state index contributed by atoms with van der Waals surface area (Å²) in [5, 5.41) is 3.22. The van der Waals surface area contributed by atoms with Gasteiger partial charge in [0.25, 0.3) is 0 Å². The maximum Gasteiger partial charge on any atom is 0.146 e. The summed E-state index contributed by atoms with van der Waals surface area (Å²) in [6, 6.07) is 9.43. The largest absolute Gasteiger partial charge is 0.375 e. The lowest BCUT2D eigenvalue weighted by atomic mass is 10.2. The maximum atomic E-state index is 13.6. The fraction of sp³-hybridized carbons (Fsp3) is 0.286. The maximum absolute atomic E-state index is 13.6. The molecule has 1 unspecified atom stereocenters. The molecule has 0 bridgehead atoms. The Bertz CT molecular complexity index is 519. The molecule has 1 atom stereocenters. The minimum Gasteiger partial charge on any atom is -0.375 e. The SMILES string of the molecule is Cc1ccc(F)c(NC(C)c2ccc(C)s2)c1. The summed E-state index contributed by atoms with van der Waals surface area (Å²) < 4.78 is 13.6. The van der Waals surface area contributed by atoms with Crippen molar-refractivity contribution < 1.29 is 4.39 Å². The van der Waals surface area contributed by atoms with Crippen molar-refractivity contribution in [3.8, 4) is 0 Å². The quantitative estimate of drug-likeness (QED) is 0.833. The van der Waals surface area contributed by atoms with Gasteiger partial charge in [-0.15, -0.1) is 11.3 Å². The average molecular weight is 249 g/mol. The van der Waals surface area contributed by atoms with Gasteiger partial charge in [-0.1, -0.05) is 6.07 Å². The number of benzene rings is 1. The highest BCUT2D eigenvalue weighted by atomic mass is 32.1. The first-order chi connectivity index (χ1) is 8.06. The van der Waals surface area contributed by atoms with Crippen molar-refractivity contribution in [3.63, 3.8) is 0 Å². The van der Waals surface area contributed by atoms with E-state index in [9.17, 15) is 4.39 Å². The molecule has 0 amide bonds. The van der Waals surface area contributed by atoms with E-state index in [0.29, 0.717) is 5.69 Å². The molecule has 0 aliphatic carbocycles. The summed E-state index contributed by atoms with van der Waals surface area (Å²) in [7, 11) is 0. The number of nitrogens with one attached hydrogen (secondary N) is 1. The molecule has 2 rings (SSSR count). The van der Waals surface area contributed by atoms with Gasteiger partial charge in [0.05, 0.1) is 11.7 Å². The summed E-state index contributed by atoms with van der Waals surface area (Å²) >= 11 is 1.74. The predicted octanol–water partition coefficient (Wildman–Crippen LogP) is 4.68. The number of anilines is 1. The van der Waals surface area contributed by atoms with Crippen LogP contribution in [-0.2, 0) is 0 Å². The number of rotatable bonds is 3. The second-order valence-electron chi connectivity index (χ2n) is 4.30. The summed E-state index contributed by atoms with van der Waals surface area (Å²) in [6.45, 7) is 6.09. The van der Waals surface area contributed by atoms with Crippen molar-refractivity contribution in [2.24, 2.45) is 0 Å². The summed E-state index contributed by atoms with van der Waals surface area (Å²) in [5.74, 6) is -0.198. The van der Waals surface area contributed by atoms with Gasteiger partial charge in [0.2, 0.25) is 0 Å². The number of aryl methyl sites for hydroxylation is 2. The van der Waals surface area contributed by atoms with Crippen LogP contribution >= 0.6 is 11.3 Å². The minimum atomic E-state index is -0.198. The fourth-order valence-electron chi connectivity index (χ4n) is 1.74. The van der Waals surface area contributed by atoms with Crippen molar-refractivity contribution in [3.05, 3.63) is 51.5 Å². The lowest BCUT2D eigenvalue weighted by molar-refractivity contribution is 0.627. The van der Waals surface area contributed by atoms with E-state index in [1.165, 1.54) is 15.8 Å². The van der Waals surface area contributed by atoms with Crippen LogP contribution in [0.15, 0.2) is 30.3 Å². The smallest absolute Gasteiger partial charge is 0.146 e. The molecule has 17 heavy (non-hydrogen) atoms. The monoisotopic (exact) mass is 249 g/mol. The van der Waals surface area contributed by atoms with Gasteiger partial charge < -0.3 is 5.32 Å². The van der Waals surface area contributed by atoms with E-state index in [0.717, 1.165) is 5.56 Å². The zero-order chi connectivity index (χ0) is 12.4. The van der Waals surface area contributed by atoms with Gasteiger partial charge in [-0.2, -0.15) is 0 Å².